The third-order valence-corrected chi connectivity index (χ3v) is 3.64. The molecular formula is C15H14FN3S. The van der Waals surface area contributed by atoms with Crippen molar-refractivity contribution < 1.29 is 4.39 Å². The zero-order valence-electron chi connectivity index (χ0n) is 10.8. The van der Waals surface area contributed by atoms with Crippen molar-refractivity contribution in [2.75, 3.05) is 5.32 Å². The third-order valence-electron chi connectivity index (χ3n) is 3.42. The van der Waals surface area contributed by atoms with Crippen LogP contribution in [0.15, 0.2) is 30.3 Å². The zero-order valence-corrected chi connectivity index (χ0v) is 11.6. The predicted octanol–water partition coefficient (Wildman–Crippen LogP) is 3.09. The first-order valence-corrected chi connectivity index (χ1v) is 6.89. The van der Waals surface area contributed by atoms with E-state index >= 15 is 0 Å². The molecule has 0 spiro atoms. The van der Waals surface area contributed by atoms with E-state index in [1.165, 1.54) is 17.7 Å². The fourth-order valence-electron chi connectivity index (χ4n) is 2.43. The van der Waals surface area contributed by atoms with E-state index in [1.54, 1.807) is 12.1 Å². The smallest absolute Gasteiger partial charge is 0.140 e. The van der Waals surface area contributed by atoms with Gasteiger partial charge in [-0.05, 0) is 55.2 Å². The van der Waals surface area contributed by atoms with Crippen LogP contribution in [0.25, 0.3) is 0 Å². The van der Waals surface area contributed by atoms with Crippen LogP contribution in [0.4, 0.5) is 15.9 Å². The highest BCUT2D eigenvalue weighted by Crippen LogP contribution is 2.27. The van der Waals surface area contributed by atoms with E-state index < -0.39 is 0 Å². The zero-order chi connectivity index (χ0) is 14.1. The van der Waals surface area contributed by atoms with Gasteiger partial charge in [0.25, 0.3) is 0 Å². The lowest BCUT2D eigenvalue weighted by Gasteiger charge is -2.12. The van der Waals surface area contributed by atoms with Crippen molar-refractivity contribution in [3.63, 3.8) is 0 Å². The predicted molar refractivity (Wildman–Crippen MR) is 81.8 cm³/mol. The molecule has 1 aromatic carbocycles. The van der Waals surface area contributed by atoms with Gasteiger partial charge >= 0.3 is 0 Å². The minimum atomic E-state index is -0.271. The molecule has 3 N–H and O–H groups in total. The van der Waals surface area contributed by atoms with Gasteiger partial charge in [0.2, 0.25) is 0 Å². The van der Waals surface area contributed by atoms with Crippen molar-refractivity contribution in [2.45, 2.75) is 19.3 Å². The molecule has 0 bridgehead atoms. The van der Waals surface area contributed by atoms with Crippen LogP contribution >= 0.6 is 12.2 Å². The fourth-order valence-corrected chi connectivity index (χ4v) is 2.58. The van der Waals surface area contributed by atoms with Crippen LogP contribution in [0.3, 0.4) is 0 Å². The molecule has 1 aromatic heterocycles. The number of halogens is 1. The number of pyridine rings is 1. The molecule has 0 atom stereocenters. The van der Waals surface area contributed by atoms with Gasteiger partial charge in [0.15, 0.2) is 0 Å². The van der Waals surface area contributed by atoms with Gasteiger partial charge in [0.05, 0.1) is 5.56 Å². The van der Waals surface area contributed by atoms with E-state index in [9.17, 15) is 4.39 Å². The third kappa shape index (κ3) is 2.49. The number of fused-ring (bicyclic) bond motifs is 1. The highest BCUT2D eigenvalue weighted by molar-refractivity contribution is 7.80. The van der Waals surface area contributed by atoms with Crippen molar-refractivity contribution in [2.24, 2.45) is 5.73 Å². The molecule has 0 amide bonds. The maximum Gasteiger partial charge on any atom is 0.140 e. The first-order valence-electron chi connectivity index (χ1n) is 6.48. The summed E-state index contributed by atoms with van der Waals surface area (Å²) in [6.07, 6.45) is 3.11. The average Bonchev–Trinajstić information content (AvgIpc) is 2.87. The number of anilines is 2. The van der Waals surface area contributed by atoms with E-state index in [4.69, 9.17) is 18.0 Å². The van der Waals surface area contributed by atoms with Crippen molar-refractivity contribution >= 4 is 28.7 Å². The molecule has 5 heteroatoms. The summed E-state index contributed by atoms with van der Waals surface area (Å²) in [7, 11) is 0. The van der Waals surface area contributed by atoms with Gasteiger partial charge in [-0.2, -0.15) is 0 Å². The van der Waals surface area contributed by atoms with Crippen molar-refractivity contribution in [3.05, 3.63) is 53.0 Å². The summed E-state index contributed by atoms with van der Waals surface area (Å²) >= 11 is 5.10. The maximum absolute atomic E-state index is 12.9. The molecule has 0 fully saturated rings. The van der Waals surface area contributed by atoms with E-state index in [0.717, 1.165) is 36.2 Å². The summed E-state index contributed by atoms with van der Waals surface area (Å²) in [6, 6.07) is 8.14. The van der Waals surface area contributed by atoms with Crippen molar-refractivity contribution in [3.8, 4) is 0 Å². The summed E-state index contributed by atoms with van der Waals surface area (Å²) in [5.41, 5.74) is 9.59. The molecule has 20 heavy (non-hydrogen) atoms. The second-order valence-electron chi connectivity index (χ2n) is 4.84. The number of hydrogen-bond donors (Lipinski definition) is 2. The number of rotatable bonds is 3. The van der Waals surface area contributed by atoms with E-state index in [1.807, 2.05) is 6.07 Å². The molecule has 0 radical (unpaired) electrons. The molecular weight excluding hydrogens is 273 g/mol. The summed E-state index contributed by atoms with van der Waals surface area (Å²) < 4.78 is 12.9. The molecule has 3 rings (SSSR count). The molecule has 2 aromatic rings. The fraction of sp³-hybridized carbons (Fsp3) is 0.200. The largest absolute Gasteiger partial charge is 0.389 e. The molecule has 1 aliphatic rings. The first kappa shape index (κ1) is 13.0. The topological polar surface area (TPSA) is 50.9 Å². The molecule has 0 saturated heterocycles. The SMILES string of the molecule is NC(=S)c1cc2c(nc1Nc1ccc(F)cc1)CCC2. The van der Waals surface area contributed by atoms with Crippen LogP contribution in [-0.4, -0.2) is 9.97 Å². The Balaban J connectivity index is 1.99. The summed E-state index contributed by atoms with van der Waals surface area (Å²) in [5, 5.41) is 3.17. The maximum atomic E-state index is 12.9. The van der Waals surface area contributed by atoms with Gasteiger partial charge < -0.3 is 11.1 Å². The van der Waals surface area contributed by atoms with Gasteiger partial charge in [-0.1, -0.05) is 12.2 Å². The normalized spacial score (nSPS) is 13.1. The Morgan fingerprint density at radius 1 is 1.25 bits per heavy atom. The molecule has 102 valence electrons. The van der Waals surface area contributed by atoms with E-state index in [-0.39, 0.29) is 5.82 Å². The van der Waals surface area contributed by atoms with Crippen LogP contribution in [-0.2, 0) is 12.8 Å². The lowest BCUT2D eigenvalue weighted by atomic mass is 10.1. The quantitative estimate of drug-likeness (QED) is 0.852. The molecule has 0 unspecified atom stereocenters. The van der Waals surface area contributed by atoms with Crippen LogP contribution in [0.5, 0.6) is 0 Å². The van der Waals surface area contributed by atoms with Crippen molar-refractivity contribution in [1.82, 2.24) is 4.98 Å². The minimum Gasteiger partial charge on any atom is -0.389 e. The lowest BCUT2D eigenvalue weighted by Crippen LogP contribution is -2.14. The van der Waals surface area contributed by atoms with Crippen LogP contribution in [0.2, 0.25) is 0 Å². The average molecular weight is 287 g/mol. The minimum absolute atomic E-state index is 0.271. The monoisotopic (exact) mass is 287 g/mol. The summed E-state index contributed by atoms with van der Waals surface area (Å²) in [4.78, 5) is 4.94. The standard InChI is InChI=1S/C15H14FN3S/c16-10-4-6-11(7-5-10)18-15-12(14(17)20)8-9-2-1-3-13(9)19-15/h4-8H,1-3H2,(H2,17,20)(H,18,19). The lowest BCUT2D eigenvalue weighted by molar-refractivity contribution is 0.628. The first-order chi connectivity index (χ1) is 9.63. The Hall–Kier alpha value is -2.01. The number of hydrogen-bond acceptors (Lipinski definition) is 3. The Bertz CT molecular complexity index is 668. The van der Waals surface area contributed by atoms with Crippen LogP contribution < -0.4 is 11.1 Å². The number of nitrogens with two attached hydrogens (primary N) is 1. The Morgan fingerprint density at radius 2 is 2.00 bits per heavy atom. The van der Waals surface area contributed by atoms with Gasteiger partial charge in [0.1, 0.15) is 16.6 Å². The molecule has 1 aliphatic carbocycles. The number of aryl methyl sites for hydroxylation is 2. The summed E-state index contributed by atoms with van der Waals surface area (Å²) in [5.74, 6) is 0.372. The molecule has 1 heterocycles. The van der Waals surface area contributed by atoms with Crippen molar-refractivity contribution in [1.29, 1.82) is 0 Å². The van der Waals surface area contributed by atoms with E-state index in [0.29, 0.717) is 10.8 Å². The molecule has 0 aliphatic heterocycles. The number of benzene rings is 1. The van der Waals surface area contributed by atoms with Gasteiger partial charge in [-0.25, -0.2) is 9.37 Å². The number of aromatic nitrogens is 1. The Morgan fingerprint density at radius 3 is 2.70 bits per heavy atom. The highest BCUT2D eigenvalue weighted by Gasteiger charge is 2.17. The van der Waals surface area contributed by atoms with Crippen LogP contribution in [0.1, 0.15) is 23.2 Å². The second kappa shape index (κ2) is 5.17. The van der Waals surface area contributed by atoms with E-state index in [2.05, 4.69) is 10.3 Å². The Labute approximate surface area is 122 Å². The molecule has 3 nitrogen and oxygen atoms in total. The number of nitrogens with one attached hydrogen (secondary N) is 1. The van der Waals surface area contributed by atoms with Gasteiger partial charge in [0, 0.05) is 11.4 Å². The Kier molecular flexibility index (Phi) is 3.36. The highest BCUT2D eigenvalue weighted by atomic mass is 32.1. The molecule has 0 saturated carbocycles. The second-order valence-corrected chi connectivity index (χ2v) is 5.28. The van der Waals surface area contributed by atoms with Crippen LogP contribution in [0, 0.1) is 5.82 Å². The van der Waals surface area contributed by atoms with Gasteiger partial charge in [-0.15, -0.1) is 0 Å². The number of nitrogens with zero attached hydrogens (tertiary/aromatic N) is 1. The van der Waals surface area contributed by atoms with Gasteiger partial charge in [-0.3, -0.25) is 0 Å². The number of thiocarbonyl (C=S) groups is 1. The summed E-state index contributed by atoms with van der Waals surface area (Å²) in [6.45, 7) is 0.